The fourth-order valence-electron chi connectivity index (χ4n) is 3.86. The van der Waals surface area contributed by atoms with Crippen molar-refractivity contribution in [1.82, 2.24) is 9.62 Å². The van der Waals surface area contributed by atoms with Crippen LogP contribution in [0.4, 0.5) is 0 Å². The van der Waals surface area contributed by atoms with Crippen molar-refractivity contribution in [3.05, 3.63) is 24.3 Å². The van der Waals surface area contributed by atoms with Crippen LogP contribution in [0.2, 0.25) is 0 Å². The number of benzene rings is 1. The topological polar surface area (TPSA) is 75.7 Å². The molecule has 0 spiro atoms. The molecule has 1 saturated heterocycles. The highest BCUT2D eigenvalue weighted by Gasteiger charge is 2.32. The highest BCUT2D eigenvalue weighted by molar-refractivity contribution is 7.89. The van der Waals surface area contributed by atoms with Gasteiger partial charge in [0.1, 0.15) is 5.75 Å². The van der Waals surface area contributed by atoms with Crippen LogP contribution in [-0.4, -0.2) is 44.9 Å². The number of carbonyl (C=O) groups excluding carboxylic acids is 1. The average Bonchev–Trinajstić information content (AvgIpc) is 2.69. The van der Waals surface area contributed by atoms with Crippen molar-refractivity contribution < 1.29 is 17.9 Å². The van der Waals surface area contributed by atoms with Crippen LogP contribution in [0.1, 0.15) is 44.9 Å². The van der Waals surface area contributed by atoms with Crippen molar-refractivity contribution in [2.45, 2.75) is 55.9 Å². The van der Waals surface area contributed by atoms with E-state index >= 15 is 0 Å². The number of hydrogen-bond donors (Lipinski definition) is 1. The van der Waals surface area contributed by atoms with Crippen molar-refractivity contribution in [2.24, 2.45) is 5.92 Å². The third-order valence-electron chi connectivity index (χ3n) is 5.40. The SMILES string of the molecule is COc1ccc(S(=O)(=O)N2CCCC(NC(=O)C3CCCCC3)C2)cc1. The van der Waals surface area contributed by atoms with Crippen LogP contribution in [0.15, 0.2) is 29.2 Å². The standard InChI is InChI=1S/C19H28N2O4S/c1-25-17-9-11-18(12-10-17)26(23,24)21-13-5-8-16(14-21)20-19(22)15-6-3-2-4-7-15/h9-12,15-16H,2-8,13-14H2,1H3,(H,20,22). The zero-order valence-corrected chi connectivity index (χ0v) is 16.1. The Kier molecular flexibility index (Phi) is 6.19. The summed E-state index contributed by atoms with van der Waals surface area (Å²) in [4.78, 5) is 12.7. The van der Waals surface area contributed by atoms with Gasteiger partial charge < -0.3 is 10.1 Å². The fraction of sp³-hybridized carbons (Fsp3) is 0.632. The lowest BCUT2D eigenvalue weighted by atomic mass is 9.88. The van der Waals surface area contributed by atoms with E-state index in [4.69, 9.17) is 4.74 Å². The highest BCUT2D eigenvalue weighted by Crippen LogP contribution is 2.25. The predicted octanol–water partition coefficient (Wildman–Crippen LogP) is 2.54. The van der Waals surface area contributed by atoms with Gasteiger partial charge in [-0.2, -0.15) is 4.31 Å². The third kappa shape index (κ3) is 4.38. The maximum absolute atomic E-state index is 12.9. The van der Waals surface area contributed by atoms with E-state index < -0.39 is 10.0 Å². The number of nitrogens with one attached hydrogen (secondary N) is 1. The van der Waals surface area contributed by atoms with Gasteiger partial charge in [0.2, 0.25) is 15.9 Å². The molecule has 26 heavy (non-hydrogen) atoms. The molecule has 1 aromatic rings. The summed E-state index contributed by atoms with van der Waals surface area (Å²) >= 11 is 0. The van der Waals surface area contributed by atoms with E-state index in [1.54, 1.807) is 31.4 Å². The summed E-state index contributed by atoms with van der Waals surface area (Å²) in [6.45, 7) is 0.830. The monoisotopic (exact) mass is 380 g/mol. The Morgan fingerprint density at radius 3 is 2.42 bits per heavy atom. The molecule has 0 aromatic heterocycles. The number of amides is 1. The van der Waals surface area contributed by atoms with Crippen LogP contribution in [-0.2, 0) is 14.8 Å². The Balaban J connectivity index is 1.64. The number of piperidine rings is 1. The largest absolute Gasteiger partial charge is 0.497 e. The molecule has 2 aliphatic rings. The highest BCUT2D eigenvalue weighted by atomic mass is 32.2. The Hall–Kier alpha value is -1.60. The molecular formula is C19H28N2O4S. The summed E-state index contributed by atoms with van der Waals surface area (Å²) < 4.78 is 32.4. The molecule has 0 bridgehead atoms. The van der Waals surface area contributed by atoms with E-state index in [9.17, 15) is 13.2 Å². The van der Waals surface area contributed by atoms with Gasteiger partial charge >= 0.3 is 0 Å². The minimum absolute atomic E-state index is 0.0947. The smallest absolute Gasteiger partial charge is 0.243 e. The summed E-state index contributed by atoms with van der Waals surface area (Å²) in [5, 5.41) is 3.10. The van der Waals surface area contributed by atoms with Gasteiger partial charge in [0, 0.05) is 25.0 Å². The fourth-order valence-corrected chi connectivity index (χ4v) is 5.38. The molecule has 1 unspecified atom stereocenters. The first-order chi connectivity index (χ1) is 12.5. The maximum Gasteiger partial charge on any atom is 0.243 e. The van der Waals surface area contributed by atoms with Crippen LogP contribution >= 0.6 is 0 Å². The van der Waals surface area contributed by atoms with E-state index in [0.29, 0.717) is 18.8 Å². The molecule has 7 heteroatoms. The molecule has 3 rings (SSSR count). The number of nitrogens with zero attached hydrogens (tertiary/aromatic N) is 1. The van der Waals surface area contributed by atoms with Crippen molar-refractivity contribution in [3.63, 3.8) is 0 Å². The Labute approximate surface area is 156 Å². The van der Waals surface area contributed by atoms with Crippen LogP contribution in [0.3, 0.4) is 0 Å². The first-order valence-electron chi connectivity index (χ1n) is 9.45. The predicted molar refractivity (Wildman–Crippen MR) is 99.5 cm³/mol. The second-order valence-corrected chi connectivity index (χ2v) is 9.16. The lowest BCUT2D eigenvalue weighted by molar-refractivity contribution is -0.126. The first-order valence-corrected chi connectivity index (χ1v) is 10.9. The number of sulfonamides is 1. The number of hydrogen-bond acceptors (Lipinski definition) is 4. The van der Waals surface area contributed by atoms with Gasteiger partial charge in [-0.3, -0.25) is 4.79 Å². The van der Waals surface area contributed by atoms with E-state index in [1.807, 2.05) is 0 Å². The quantitative estimate of drug-likeness (QED) is 0.852. The molecular weight excluding hydrogens is 352 g/mol. The number of ether oxygens (including phenoxy) is 1. The van der Waals surface area contributed by atoms with Crippen LogP contribution in [0, 0.1) is 5.92 Å². The first kappa shape index (κ1) is 19.2. The number of carbonyl (C=O) groups is 1. The molecule has 2 fully saturated rings. The van der Waals surface area contributed by atoms with Crippen LogP contribution in [0.5, 0.6) is 5.75 Å². The lowest BCUT2D eigenvalue weighted by Gasteiger charge is -2.33. The van der Waals surface area contributed by atoms with Gasteiger partial charge in [0.05, 0.1) is 12.0 Å². The minimum atomic E-state index is -3.55. The second-order valence-electron chi connectivity index (χ2n) is 7.22. The number of methoxy groups -OCH3 is 1. The molecule has 6 nitrogen and oxygen atoms in total. The number of rotatable bonds is 5. The van der Waals surface area contributed by atoms with Gasteiger partial charge in [-0.05, 0) is 49.9 Å². The van der Waals surface area contributed by atoms with Gasteiger partial charge in [0.15, 0.2) is 0 Å². The molecule has 0 radical (unpaired) electrons. The minimum Gasteiger partial charge on any atom is -0.497 e. The lowest BCUT2D eigenvalue weighted by Crippen LogP contribution is -2.50. The molecule has 1 aromatic carbocycles. The molecule has 1 aliphatic carbocycles. The van der Waals surface area contributed by atoms with Gasteiger partial charge in [-0.15, -0.1) is 0 Å². The van der Waals surface area contributed by atoms with E-state index in [1.165, 1.54) is 10.7 Å². The zero-order chi connectivity index (χ0) is 18.6. The van der Waals surface area contributed by atoms with Crippen molar-refractivity contribution in [1.29, 1.82) is 0 Å². The summed E-state index contributed by atoms with van der Waals surface area (Å²) in [5.41, 5.74) is 0. The third-order valence-corrected chi connectivity index (χ3v) is 7.28. The van der Waals surface area contributed by atoms with Gasteiger partial charge in [0.25, 0.3) is 0 Å². The molecule has 1 heterocycles. The summed E-state index contributed by atoms with van der Waals surface area (Å²) in [7, 11) is -2.00. The Bertz CT molecular complexity index is 712. The van der Waals surface area contributed by atoms with E-state index in [-0.39, 0.29) is 22.8 Å². The molecule has 144 valence electrons. The van der Waals surface area contributed by atoms with E-state index in [0.717, 1.165) is 38.5 Å². The van der Waals surface area contributed by atoms with E-state index in [2.05, 4.69) is 5.32 Å². The molecule has 1 atom stereocenters. The summed E-state index contributed by atoms with van der Waals surface area (Å²) in [5.74, 6) is 0.816. The average molecular weight is 381 g/mol. The van der Waals surface area contributed by atoms with Crippen LogP contribution < -0.4 is 10.1 Å². The van der Waals surface area contributed by atoms with Crippen molar-refractivity contribution >= 4 is 15.9 Å². The second kappa shape index (κ2) is 8.39. The molecule has 1 N–H and O–H groups in total. The van der Waals surface area contributed by atoms with Crippen molar-refractivity contribution in [3.8, 4) is 5.75 Å². The van der Waals surface area contributed by atoms with Gasteiger partial charge in [-0.1, -0.05) is 19.3 Å². The maximum atomic E-state index is 12.9. The molecule has 1 saturated carbocycles. The molecule has 1 amide bonds. The Morgan fingerprint density at radius 2 is 1.77 bits per heavy atom. The molecule has 1 aliphatic heterocycles. The summed E-state index contributed by atoms with van der Waals surface area (Å²) in [6, 6.07) is 6.33. The zero-order valence-electron chi connectivity index (χ0n) is 15.3. The summed E-state index contributed by atoms with van der Waals surface area (Å²) in [6.07, 6.45) is 6.92. The van der Waals surface area contributed by atoms with Gasteiger partial charge in [-0.25, -0.2) is 8.42 Å². The van der Waals surface area contributed by atoms with Crippen molar-refractivity contribution in [2.75, 3.05) is 20.2 Å². The van der Waals surface area contributed by atoms with Crippen LogP contribution in [0.25, 0.3) is 0 Å². The Morgan fingerprint density at radius 1 is 1.08 bits per heavy atom. The normalized spacial score (nSPS) is 22.7.